The molecule has 4 heteroatoms. The van der Waals surface area contributed by atoms with Gasteiger partial charge in [-0.2, -0.15) is 0 Å². The third kappa shape index (κ3) is 3.29. The molecule has 2 amide bonds. The normalized spacial score (nSPS) is 18.7. The molecular formula is C21H24N2O2. The number of amides is 2. The summed E-state index contributed by atoms with van der Waals surface area (Å²) in [5.41, 5.74) is 1.70. The lowest BCUT2D eigenvalue weighted by atomic mass is 10.0. The second kappa shape index (κ2) is 7.09. The van der Waals surface area contributed by atoms with Crippen LogP contribution in [0.15, 0.2) is 60.7 Å². The average Bonchev–Trinajstić information content (AvgIpc) is 2.99. The van der Waals surface area contributed by atoms with Crippen molar-refractivity contribution in [3.63, 3.8) is 0 Å². The van der Waals surface area contributed by atoms with Crippen LogP contribution in [0.4, 0.5) is 0 Å². The molecule has 0 N–H and O–H groups in total. The molecule has 1 heterocycles. The summed E-state index contributed by atoms with van der Waals surface area (Å²) in [4.78, 5) is 29.3. The van der Waals surface area contributed by atoms with E-state index in [0.717, 1.165) is 5.56 Å². The van der Waals surface area contributed by atoms with Gasteiger partial charge in [-0.15, -0.1) is 0 Å². The Balaban J connectivity index is 1.92. The molecule has 25 heavy (non-hydrogen) atoms. The summed E-state index contributed by atoms with van der Waals surface area (Å²) < 4.78 is 0. The maximum atomic E-state index is 13.0. The van der Waals surface area contributed by atoms with Gasteiger partial charge in [0.05, 0.1) is 6.04 Å². The molecule has 2 aromatic rings. The van der Waals surface area contributed by atoms with Crippen molar-refractivity contribution in [3.05, 3.63) is 71.8 Å². The summed E-state index contributed by atoms with van der Waals surface area (Å²) >= 11 is 0. The fourth-order valence-electron chi connectivity index (χ4n) is 3.58. The number of carbonyl (C=O) groups excluding carboxylic acids is 2. The first kappa shape index (κ1) is 17.2. The van der Waals surface area contributed by atoms with Gasteiger partial charge in [0.25, 0.3) is 5.91 Å². The van der Waals surface area contributed by atoms with Crippen LogP contribution in [0, 0.1) is 5.92 Å². The molecule has 0 aliphatic carbocycles. The zero-order valence-corrected chi connectivity index (χ0v) is 14.9. The van der Waals surface area contributed by atoms with E-state index in [4.69, 9.17) is 0 Å². The molecule has 2 atom stereocenters. The summed E-state index contributed by atoms with van der Waals surface area (Å²) in [7, 11) is 0. The second-order valence-corrected chi connectivity index (χ2v) is 6.84. The third-order valence-electron chi connectivity index (χ3n) is 4.78. The first-order valence-corrected chi connectivity index (χ1v) is 8.73. The highest BCUT2D eigenvalue weighted by atomic mass is 16.2. The Morgan fingerprint density at radius 2 is 1.52 bits per heavy atom. The Kier molecular flexibility index (Phi) is 4.88. The van der Waals surface area contributed by atoms with E-state index < -0.39 is 0 Å². The lowest BCUT2D eigenvalue weighted by Crippen LogP contribution is -2.46. The zero-order chi connectivity index (χ0) is 18.0. The van der Waals surface area contributed by atoms with Crippen molar-refractivity contribution in [2.75, 3.05) is 6.54 Å². The van der Waals surface area contributed by atoms with Gasteiger partial charge < -0.3 is 9.80 Å². The number of nitrogens with zero attached hydrogens (tertiary/aromatic N) is 2. The Labute approximate surface area is 149 Å². The highest BCUT2D eigenvalue weighted by Crippen LogP contribution is 2.32. The van der Waals surface area contributed by atoms with Crippen LogP contribution in [-0.2, 0) is 4.79 Å². The van der Waals surface area contributed by atoms with E-state index in [-0.39, 0.29) is 36.5 Å². The number of carbonyl (C=O) groups is 2. The molecule has 1 fully saturated rings. The predicted molar refractivity (Wildman–Crippen MR) is 97.8 cm³/mol. The molecule has 130 valence electrons. The van der Waals surface area contributed by atoms with Crippen molar-refractivity contribution in [3.8, 4) is 0 Å². The summed E-state index contributed by atoms with van der Waals surface area (Å²) in [5.74, 6) is 0.0556. The zero-order valence-electron chi connectivity index (χ0n) is 14.9. The Morgan fingerprint density at radius 3 is 2.08 bits per heavy atom. The van der Waals surface area contributed by atoms with Crippen LogP contribution in [0.2, 0.25) is 0 Å². The van der Waals surface area contributed by atoms with Crippen LogP contribution < -0.4 is 0 Å². The van der Waals surface area contributed by atoms with Crippen molar-refractivity contribution in [1.82, 2.24) is 9.80 Å². The van der Waals surface area contributed by atoms with E-state index in [1.54, 1.807) is 17.0 Å². The maximum absolute atomic E-state index is 13.0. The standard InChI is InChI=1S/C21H24N2O2/c1-15(2)20-22(21(25)18-12-8-5-9-13-18)14-19(24)23(20)16(3)17-10-6-4-7-11-17/h4-13,15-16,20H,14H2,1-3H3. The summed E-state index contributed by atoms with van der Waals surface area (Å²) in [6, 6.07) is 19.1. The van der Waals surface area contributed by atoms with Crippen LogP contribution in [0.5, 0.6) is 0 Å². The molecule has 1 aliphatic rings. The first-order valence-electron chi connectivity index (χ1n) is 8.73. The number of hydrogen-bond donors (Lipinski definition) is 0. The lowest BCUT2D eigenvalue weighted by molar-refractivity contribution is -0.130. The van der Waals surface area contributed by atoms with Gasteiger partial charge in [0.2, 0.25) is 5.91 Å². The van der Waals surface area contributed by atoms with E-state index >= 15 is 0 Å². The van der Waals surface area contributed by atoms with Gasteiger partial charge in [0.15, 0.2) is 0 Å². The summed E-state index contributed by atoms with van der Waals surface area (Å²) in [6.45, 7) is 6.27. The fraction of sp³-hybridized carbons (Fsp3) is 0.333. The van der Waals surface area contributed by atoms with Gasteiger partial charge in [0, 0.05) is 5.56 Å². The molecule has 2 unspecified atom stereocenters. The van der Waals surface area contributed by atoms with E-state index in [0.29, 0.717) is 5.56 Å². The van der Waals surface area contributed by atoms with Crippen LogP contribution in [-0.4, -0.2) is 34.3 Å². The second-order valence-electron chi connectivity index (χ2n) is 6.84. The molecule has 4 nitrogen and oxygen atoms in total. The van der Waals surface area contributed by atoms with Crippen LogP contribution >= 0.6 is 0 Å². The molecule has 1 aliphatic heterocycles. The van der Waals surface area contributed by atoms with Crippen LogP contribution in [0.25, 0.3) is 0 Å². The Morgan fingerprint density at radius 1 is 0.960 bits per heavy atom. The van der Waals surface area contributed by atoms with E-state index in [9.17, 15) is 9.59 Å². The highest BCUT2D eigenvalue weighted by molar-refractivity contribution is 5.98. The molecule has 0 bridgehead atoms. The number of benzene rings is 2. The van der Waals surface area contributed by atoms with Crippen LogP contribution in [0.3, 0.4) is 0 Å². The van der Waals surface area contributed by atoms with Crippen molar-refractivity contribution >= 4 is 11.8 Å². The van der Waals surface area contributed by atoms with Gasteiger partial charge >= 0.3 is 0 Å². The molecule has 0 saturated carbocycles. The number of rotatable bonds is 4. The van der Waals surface area contributed by atoms with Crippen molar-refractivity contribution in [2.45, 2.75) is 33.0 Å². The summed E-state index contributed by atoms with van der Waals surface area (Å²) in [5, 5.41) is 0. The van der Waals surface area contributed by atoms with Crippen LogP contribution in [0.1, 0.15) is 42.7 Å². The monoisotopic (exact) mass is 336 g/mol. The minimum absolute atomic E-state index is 0.000616. The molecule has 0 spiro atoms. The molecule has 1 saturated heterocycles. The molecule has 0 aromatic heterocycles. The SMILES string of the molecule is CC(C)C1N(C(=O)c2ccccc2)CC(=O)N1C(C)c1ccccc1. The van der Waals surface area contributed by atoms with E-state index in [1.807, 2.05) is 60.4 Å². The predicted octanol–water partition coefficient (Wildman–Crippen LogP) is 3.71. The lowest BCUT2D eigenvalue weighted by Gasteiger charge is -2.36. The maximum Gasteiger partial charge on any atom is 0.255 e. The molecular weight excluding hydrogens is 312 g/mol. The fourth-order valence-corrected chi connectivity index (χ4v) is 3.58. The molecule has 3 rings (SSSR count). The topological polar surface area (TPSA) is 40.6 Å². The van der Waals surface area contributed by atoms with Gasteiger partial charge in [-0.1, -0.05) is 62.4 Å². The van der Waals surface area contributed by atoms with E-state index in [1.165, 1.54) is 0 Å². The first-order chi connectivity index (χ1) is 12.0. The van der Waals surface area contributed by atoms with Gasteiger partial charge in [-0.25, -0.2) is 0 Å². The minimum atomic E-state index is -0.240. The minimum Gasteiger partial charge on any atom is -0.314 e. The Bertz CT molecular complexity index is 743. The quantitative estimate of drug-likeness (QED) is 0.854. The smallest absolute Gasteiger partial charge is 0.255 e. The Hall–Kier alpha value is -2.62. The molecule has 0 radical (unpaired) electrons. The average molecular weight is 336 g/mol. The van der Waals surface area contributed by atoms with Crippen molar-refractivity contribution in [1.29, 1.82) is 0 Å². The van der Waals surface area contributed by atoms with Gasteiger partial charge in [-0.3, -0.25) is 9.59 Å². The van der Waals surface area contributed by atoms with Crippen molar-refractivity contribution in [2.24, 2.45) is 5.92 Å². The number of hydrogen-bond acceptors (Lipinski definition) is 2. The van der Waals surface area contributed by atoms with Crippen molar-refractivity contribution < 1.29 is 9.59 Å². The highest BCUT2D eigenvalue weighted by Gasteiger charge is 2.44. The van der Waals surface area contributed by atoms with E-state index in [2.05, 4.69) is 13.8 Å². The third-order valence-corrected chi connectivity index (χ3v) is 4.78. The van der Waals surface area contributed by atoms with Gasteiger partial charge in [-0.05, 0) is 30.5 Å². The summed E-state index contributed by atoms with van der Waals surface area (Å²) in [6.07, 6.45) is -0.240. The van der Waals surface area contributed by atoms with Gasteiger partial charge in [0.1, 0.15) is 12.7 Å². The largest absolute Gasteiger partial charge is 0.314 e. The molecule has 2 aromatic carbocycles.